The first-order chi connectivity index (χ1) is 18.2. The van der Waals surface area contributed by atoms with Crippen LogP contribution in [0.3, 0.4) is 0 Å². The molecule has 14 nitrogen and oxygen atoms in total. The number of piperidine rings is 1. The molecule has 1 aromatic rings. The van der Waals surface area contributed by atoms with Gasteiger partial charge < -0.3 is 28.6 Å². The molecule has 4 atom stereocenters. The number of hydrogen-bond acceptors (Lipinski definition) is 11. The molecule has 3 heterocycles. The van der Waals surface area contributed by atoms with Gasteiger partial charge in [0.05, 0.1) is 5.56 Å². The Hall–Kier alpha value is -3.68. The summed E-state index contributed by atoms with van der Waals surface area (Å²) >= 11 is 0. The van der Waals surface area contributed by atoms with Crippen LogP contribution in [0.15, 0.2) is 15.8 Å². The summed E-state index contributed by atoms with van der Waals surface area (Å²) in [6, 6.07) is -0.360. The topological polar surface area (TPSA) is 173 Å². The molecule has 0 aliphatic carbocycles. The Bertz CT molecular complexity index is 1210. The Morgan fingerprint density at radius 1 is 0.974 bits per heavy atom. The first-order valence-corrected chi connectivity index (χ1v) is 12.6. The van der Waals surface area contributed by atoms with Crippen molar-refractivity contribution in [2.75, 3.05) is 19.7 Å². The third-order valence-corrected chi connectivity index (χ3v) is 6.18. The van der Waals surface area contributed by atoms with Gasteiger partial charge >= 0.3 is 29.7 Å². The highest BCUT2D eigenvalue weighted by atomic mass is 16.6. The quantitative estimate of drug-likeness (QED) is 0.393. The van der Waals surface area contributed by atoms with Gasteiger partial charge in [-0.3, -0.25) is 28.7 Å². The molecule has 0 bridgehead atoms. The van der Waals surface area contributed by atoms with Crippen LogP contribution in [0.25, 0.3) is 0 Å². The zero-order valence-corrected chi connectivity index (χ0v) is 22.9. The van der Waals surface area contributed by atoms with E-state index in [1.165, 1.54) is 17.7 Å². The Morgan fingerprint density at radius 2 is 1.56 bits per heavy atom. The van der Waals surface area contributed by atoms with Crippen molar-refractivity contribution in [3.63, 3.8) is 0 Å². The average molecular weight is 554 g/mol. The molecule has 216 valence electrons. The van der Waals surface area contributed by atoms with Gasteiger partial charge in [0, 0.05) is 46.1 Å². The molecule has 14 heteroatoms. The van der Waals surface area contributed by atoms with E-state index in [1.807, 2.05) is 0 Å². The second kappa shape index (κ2) is 12.0. The first-order valence-electron chi connectivity index (χ1n) is 12.6. The lowest BCUT2D eigenvalue weighted by molar-refractivity contribution is -0.165. The number of carbonyl (C=O) groups excluding carboxylic acids is 4. The van der Waals surface area contributed by atoms with Gasteiger partial charge in [0.25, 0.3) is 5.56 Å². The minimum Gasteiger partial charge on any atom is -0.463 e. The standard InChI is InChI=1S/C25H35N3O11/c1-13(29)35-12-18-20(36-14(2)30)21(37-15(3)31)19(38-18)17-11-28(23(33)26-22(17)32)16-7-9-27(10-8-16)24(34)39-25(4,5)6/h11,16,18-21H,7-10,12H2,1-6H3,(H,26,32,33)/t18-,19+,20?,21?/m1/s1. The van der Waals surface area contributed by atoms with Crippen LogP contribution in [-0.4, -0.2) is 82.1 Å². The fraction of sp³-hybridized carbons (Fsp3) is 0.680. The van der Waals surface area contributed by atoms with Crippen molar-refractivity contribution in [3.05, 3.63) is 32.6 Å². The lowest BCUT2D eigenvalue weighted by Gasteiger charge is -2.34. The number of likely N-dealkylation sites (tertiary alicyclic amines) is 1. The van der Waals surface area contributed by atoms with Crippen molar-refractivity contribution in [2.24, 2.45) is 0 Å². The van der Waals surface area contributed by atoms with Crippen molar-refractivity contribution in [1.82, 2.24) is 14.5 Å². The van der Waals surface area contributed by atoms with Crippen LogP contribution >= 0.6 is 0 Å². The van der Waals surface area contributed by atoms with Gasteiger partial charge in [-0.15, -0.1) is 0 Å². The largest absolute Gasteiger partial charge is 0.463 e. The number of aromatic amines is 1. The van der Waals surface area contributed by atoms with E-state index >= 15 is 0 Å². The second-order valence-corrected chi connectivity index (χ2v) is 10.5. The number of amides is 1. The maximum Gasteiger partial charge on any atom is 0.410 e. The molecular formula is C25H35N3O11. The number of nitrogens with zero attached hydrogens (tertiary/aromatic N) is 2. The van der Waals surface area contributed by atoms with Gasteiger partial charge in [-0.05, 0) is 33.6 Å². The SMILES string of the molecule is CC(=O)OC[C@H]1O[C@@H](c2cn(C3CCN(C(=O)OC(C)(C)C)CC3)c(=O)[nH]c2=O)C(OC(C)=O)C1OC(C)=O. The fourth-order valence-electron chi connectivity index (χ4n) is 4.59. The third-order valence-electron chi connectivity index (χ3n) is 6.18. The Kier molecular flexibility index (Phi) is 9.20. The molecule has 2 saturated heterocycles. The van der Waals surface area contributed by atoms with E-state index in [-0.39, 0.29) is 18.2 Å². The molecule has 2 fully saturated rings. The predicted molar refractivity (Wildman–Crippen MR) is 133 cm³/mol. The molecule has 2 aliphatic rings. The molecule has 1 aromatic heterocycles. The highest BCUT2D eigenvalue weighted by Gasteiger charge is 2.51. The number of esters is 3. The van der Waals surface area contributed by atoms with E-state index in [1.54, 1.807) is 25.7 Å². The van der Waals surface area contributed by atoms with E-state index in [9.17, 15) is 28.8 Å². The van der Waals surface area contributed by atoms with Crippen LogP contribution in [0.5, 0.6) is 0 Å². The highest BCUT2D eigenvalue weighted by molar-refractivity contribution is 5.68. The van der Waals surface area contributed by atoms with Crippen LogP contribution in [0.2, 0.25) is 0 Å². The van der Waals surface area contributed by atoms with E-state index < -0.39 is 65.3 Å². The summed E-state index contributed by atoms with van der Waals surface area (Å²) in [7, 11) is 0. The number of aromatic nitrogens is 2. The van der Waals surface area contributed by atoms with Crippen LogP contribution in [0.4, 0.5) is 4.79 Å². The van der Waals surface area contributed by atoms with Crippen molar-refractivity contribution in [3.8, 4) is 0 Å². The normalized spacial score (nSPS) is 23.7. The summed E-state index contributed by atoms with van der Waals surface area (Å²) in [6.07, 6.45) is -3.03. The first kappa shape index (κ1) is 29.9. The Balaban J connectivity index is 1.90. The number of ether oxygens (including phenoxy) is 5. The summed E-state index contributed by atoms with van der Waals surface area (Å²) in [5, 5.41) is 0. The number of carbonyl (C=O) groups is 4. The van der Waals surface area contributed by atoms with Crippen LogP contribution in [0.1, 0.15) is 72.1 Å². The Labute approximate surface area is 224 Å². The molecule has 1 amide bonds. The second-order valence-electron chi connectivity index (χ2n) is 10.5. The predicted octanol–water partition coefficient (Wildman–Crippen LogP) is 0.975. The number of rotatable bonds is 6. The van der Waals surface area contributed by atoms with E-state index in [4.69, 9.17) is 23.7 Å². The summed E-state index contributed by atoms with van der Waals surface area (Å²) in [5.74, 6) is -2.04. The highest BCUT2D eigenvalue weighted by Crippen LogP contribution is 2.37. The van der Waals surface area contributed by atoms with Crippen molar-refractivity contribution >= 4 is 24.0 Å². The van der Waals surface area contributed by atoms with Crippen molar-refractivity contribution < 1.29 is 42.9 Å². The summed E-state index contributed by atoms with van der Waals surface area (Å²) in [5.41, 5.74) is -2.12. The molecule has 0 aromatic carbocycles. The Morgan fingerprint density at radius 3 is 2.10 bits per heavy atom. The van der Waals surface area contributed by atoms with Crippen molar-refractivity contribution in [2.45, 2.75) is 90.4 Å². The molecule has 2 aliphatic heterocycles. The van der Waals surface area contributed by atoms with E-state index in [0.29, 0.717) is 25.9 Å². The van der Waals surface area contributed by atoms with Gasteiger partial charge in [-0.1, -0.05) is 0 Å². The minimum atomic E-state index is -1.26. The smallest absolute Gasteiger partial charge is 0.410 e. The van der Waals surface area contributed by atoms with Gasteiger partial charge in [-0.25, -0.2) is 9.59 Å². The van der Waals surface area contributed by atoms with Gasteiger partial charge in [0.1, 0.15) is 24.4 Å². The monoisotopic (exact) mass is 553 g/mol. The maximum atomic E-state index is 12.9. The third kappa shape index (κ3) is 7.68. The van der Waals surface area contributed by atoms with E-state index in [2.05, 4.69) is 4.98 Å². The van der Waals surface area contributed by atoms with Gasteiger partial charge in [-0.2, -0.15) is 0 Å². The molecule has 2 unspecified atom stereocenters. The molecule has 1 N–H and O–H groups in total. The zero-order valence-electron chi connectivity index (χ0n) is 22.9. The number of H-pyrrole nitrogens is 1. The van der Waals surface area contributed by atoms with Crippen LogP contribution in [0, 0.1) is 0 Å². The molecule has 39 heavy (non-hydrogen) atoms. The van der Waals surface area contributed by atoms with Crippen molar-refractivity contribution in [1.29, 1.82) is 0 Å². The summed E-state index contributed by atoms with van der Waals surface area (Å²) in [6.45, 7) is 9.13. The molecule has 0 radical (unpaired) electrons. The molecule has 0 saturated carbocycles. The molecule has 3 rings (SSSR count). The fourth-order valence-corrected chi connectivity index (χ4v) is 4.59. The average Bonchev–Trinajstić information content (AvgIpc) is 3.12. The number of nitrogens with one attached hydrogen (secondary N) is 1. The van der Waals surface area contributed by atoms with E-state index in [0.717, 1.165) is 13.8 Å². The van der Waals surface area contributed by atoms with Crippen LogP contribution < -0.4 is 11.2 Å². The lowest BCUT2D eigenvalue weighted by atomic mass is 10.0. The minimum absolute atomic E-state index is 0.0436. The number of hydrogen-bond donors (Lipinski definition) is 1. The van der Waals surface area contributed by atoms with Gasteiger partial charge in [0.15, 0.2) is 12.2 Å². The summed E-state index contributed by atoms with van der Waals surface area (Å²) < 4.78 is 28.5. The molecular weight excluding hydrogens is 518 g/mol. The lowest BCUT2D eigenvalue weighted by Crippen LogP contribution is -2.44. The van der Waals surface area contributed by atoms with Gasteiger partial charge in [0.2, 0.25) is 0 Å². The maximum absolute atomic E-state index is 12.9. The van der Waals surface area contributed by atoms with Crippen LogP contribution in [-0.2, 0) is 38.1 Å². The molecule has 0 spiro atoms. The zero-order chi connectivity index (χ0) is 29.1. The summed E-state index contributed by atoms with van der Waals surface area (Å²) in [4.78, 5) is 77.0.